The first kappa shape index (κ1) is 35.2. The highest BCUT2D eigenvalue weighted by molar-refractivity contribution is 5.94. The minimum absolute atomic E-state index is 0.0443. The Labute approximate surface area is 306 Å². The Morgan fingerprint density at radius 1 is 0.519 bits per heavy atom. The van der Waals surface area contributed by atoms with Crippen LogP contribution in [0, 0.1) is 0 Å². The van der Waals surface area contributed by atoms with Gasteiger partial charge in [0.2, 0.25) is 0 Å². The molecule has 52 heavy (non-hydrogen) atoms. The summed E-state index contributed by atoms with van der Waals surface area (Å²) in [5, 5.41) is 9.02. The molecule has 0 spiro atoms. The van der Waals surface area contributed by atoms with Gasteiger partial charge in [-0.1, -0.05) is 72.8 Å². The van der Waals surface area contributed by atoms with Gasteiger partial charge in [-0.25, -0.2) is 0 Å². The standard InChI is InChI=1S/2C22H25N3O/c2*26-22(17-6-2-1-3-7-17)24-19-11-14-25(15-12-19)13-10-18-16-23-21-9-5-4-8-20(18)21/h2*1-9,16,19,23H,10-15H2,(H,24,26). The van der Waals surface area contributed by atoms with Crippen LogP contribution in [0.25, 0.3) is 21.8 Å². The topological polar surface area (TPSA) is 96.3 Å². The van der Waals surface area contributed by atoms with Crippen molar-refractivity contribution in [2.45, 2.75) is 50.6 Å². The van der Waals surface area contributed by atoms with E-state index in [0.717, 1.165) is 88.9 Å². The molecule has 8 nitrogen and oxygen atoms in total. The maximum atomic E-state index is 12.3. The highest BCUT2D eigenvalue weighted by atomic mass is 16.2. The minimum atomic E-state index is 0.0443. The molecule has 2 saturated heterocycles. The first-order chi connectivity index (χ1) is 25.6. The number of hydrogen-bond donors (Lipinski definition) is 4. The van der Waals surface area contributed by atoms with Gasteiger partial charge in [-0.2, -0.15) is 0 Å². The van der Waals surface area contributed by atoms with E-state index in [-0.39, 0.29) is 23.9 Å². The minimum Gasteiger partial charge on any atom is -0.361 e. The quantitative estimate of drug-likeness (QED) is 0.122. The predicted octanol–water partition coefficient (Wildman–Crippen LogP) is 7.21. The molecule has 4 heterocycles. The molecule has 0 atom stereocenters. The zero-order valence-electron chi connectivity index (χ0n) is 29.9. The molecule has 4 N–H and O–H groups in total. The van der Waals surface area contributed by atoms with Crippen LogP contribution in [0.3, 0.4) is 0 Å². The summed E-state index contributed by atoms with van der Waals surface area (Å²) in [5.74, 6) is 0.0886. The van der Waals surface area contributed by atoms with Gasteiger partial charge in [0, 0.05) is 96.7 Å². The molecule has 2 aliphatic heterocycles. The van der Waals surface area contributed by atoms with Crippen LogP contribution in [0.15, 0.2) is 122 Å². The van der Waals surface area contributed by atoms with Crippen molar-refractivity contribution in [1.29, 1.82) is 0 Å². The largest absolute Gasteiger partial charge is 0.361 e. The molecule has 2 amide bonds. The number of fused-ring (bicyclic) bond motifs is 2. The second kappa shape index (κ2) is 17.4. The molecule has 0 radical (unpaired) electrons. The highest BCUT2D eigenvalue weighted by Crippen LogP contribution is 2.21. The van der Waals surface area contributed by atoms with Gasteiger partial charge < -0.3 is 30.4 Å². The molecule has 2 fully saturated rings. The number of para-hydroxylation sites is 2. The number of aromatic nitrogens is 2. The lowest BCUT2D eigenvalue weighted by Gasteiger charge is -2.32. The number of amides is 2. The van der Waals surface area contributed by atoms with E-state index in [9.17, 15) is 9.59 Å². The summed E-state index contributed by atoms with van der Waals surface area (Å²) in [6, 6.07) is 36.5. The molecule has 2 aliphatic rings. The fourth-order valence-corrected chi connectivity index (χ4v) is 7.55. The number of H-pyrrole nitrogens is 2. The van der Waals surface area contributed by atoms with Gasteiger partial charge >= 0.3 is 0 Å². The number of nitrogens with one attached hydrogen (secondary N) is 4. The normalized spacial score (nSPS) is 16.0. The number of carbonyl (C=O) groups is 2. The zero-order chi connectivity index (χ0) is 35.5. The van der Waals surface area contributed by atoms with E-state index >= 15 is 0 Å². The predicted molar refractivity (Wildman–Crippen MR) is 211 cm³/mol. The molecule has 8 heteroatoms. The summed E-state index contributed by atoms with van der Waals surface area (Å²) in [5.41, 5.74) is 6.69. The highest BCUT2D eigenvalue weighted by Gasteiger charge is 2.22. The molecule has 0 aliphatic carbocycles. The van der Waals surface area contributed by atoms with Gasteiger partial charge in [-0.05, 0) is 86.1 Å². The maximum absolute atomic E-state index is 12.3. The summed E-state index contributed by atoms with van der Waals surface area (Å²) in [4.78, 5) is 36.3. The molecule has 4 aromatic carbocycles. The smallest absolute Gasteiger partial charge is 0.251 e. The SMILES string of the molecule is O=C(NC1CCN(CCc2c[nH]c3ccccc23)CC1)c1ccccc1.O=C(NC1CCN(CCc2c[nH]c3ccccc23)CC1)c1ccccc1. The van der Waals surface area contributed by atoms with Crippen LogP contribution in [0.4, 0.5) is 0 Å². The summed E-state index contributed by atoms with van der Waals surface area (Å²) in [6.45, 7) is 6.32. The molecular weight excluding hydrogens is 645 g/mol. The lowest BCUT2D eigenvalue weighted by molar-refractivity contribution is 0.0903. The van der Waals surface area contributed by atoms with Crippen LogP contribution >= 0.6 is 0 Å². The van der Waals surface area contributed by atoms with Crippen molar-refractivity contribution < 1.29 is 9.59 Å². The van der Waals surface area contributed by atoms with E-state index in [1.807, 2.05) is 60.7 Å². The number of piperidine rings is 2. The fraction of sp³-hybridized carbons (Fsp3) is 0.318. The number of aromatic amines is 2. The Bertz CT molecular complexity index is 1870. The molecule has 268 valence electrons. The maximum Gasteiger partial charge on any atom is 0.251 e. The van der Waals surface area contributed by atoms with Crippen LogP contribution in [-0.2, 0) is 12.8 Å². The molecule has 0 unspecified atom stereocenters. The van der Waals surface area contributed by atoms with Crippen LogP contribution < -0.4 is 10.6 Å². The van der Waals surface area contributed by atoms with Crippen molar-refractivity contribution in [3.8, 4) is 0 Å². The third-order valence-electron chi connectivity index (χ3n) is 10.7. The fourth-order valence-electron chi connectivity index (χ4n) is 7.55. The summed E-state index contributed by atoms with van der Waals surface area (Å²) >= 11 is 0. The summed E-state index contributed by atoms with van der Waals surface area (Å²) in [7, 11) is 0. The number of likely N-dealkylation sites (tertiary alicyclic amines) is 2. The molecule has 6 aromatic rings. The van der Waals surface area contributed by atoms with Gasteiger partial charge in [-0.15, -0.1) is 0 Å². The number of benzene rings is 4. The van der Waals surface area contributed by atoms with Gasteiger partial charge in [0.05, 0.1) is 0 Å². The summed E-state index contributed by atoms with van der Waals surface area (Å²) < 4.78 is 0. The van der Waals surface area contributed by atoms with Crippen LogP contribution in [-0.4, -0.2) is 82.9 Å². The Hall–Kier alpha value is -5.18. The van der Waals surface area contributed by atoms with Gasteiger partial charge in [0.1, 0.15) is 0 Å². The van der Waals surface area contributed by atoms with E-state index in [4.69, 9.17) is 0 Å². The first-order valence-corrected chi connectivity index (χ1v) is 18.9. The molecular formula is C44H50N6O2. The lowest BCUT2D eigenvalue weighted by atomic mass is 10.0. The Kier molecular flexibility index (Phi) is 11.8. The van der Waals surface area contributed by atoms with Crippen molar-refractivity contribution in [2.24, 2.45) is 0 Å². The van der Waals surface area contributed by atoms with Crippen molar-refractivity contribution in [3.63, 3.8) is 0 Å². The number of nitrogens with zero attached hydrogens (tertiary/aromatic N) is 2. The number of carbonyl (C=O) groups excluding carboxylic acids is 2. The van der Waals surface area contributed by atoms with E-state index < -0.39 is 0 Å². The van der Waals surface area contributed by atoms with Crippen LogP contribution in [0.5, 0.6) is 0 Å². The molecule has 2 aromatic heterocycles. The van der Waals surface area contributed by atoms with Crippen molar-refractivity contribution in [2.75, 3.05) is 39.3 Å². The second-order valence-electron chi connectivity index (χ2n) is 14.1. The number of rotatable bonds is 10. The average molecular weight is 695 g/mol. The van der Waals surface area contributed by atoms with E-state index in [1.54, 1.807) is 0 Å². The summed E-state index contributed by atoms with van der Waals surface area (Å²) in [6.07, 6.45) is 10.5. The first-order valence-electron chi connectivity index (χ1n) is 18.9. The van der Waals surface area contributed by atoms with E-state index in [2.05, 4.69) is 91.3 Å². The van der Waals surface area contributed by atoms with E-state index in [1.165, 1.54) is 32.9 Å². The second-order valence-corrected chi connectivity index (χ2v) is 14.1. The van der Waals surface area contributed by atoms with Gasteiger partial charge in [0.15, 0.2) is 0 Å². The van der Waals surface area contributed by atoms with Crippen LogP contribution in [0.2, 0.25) is 0 Å². The third kappa shape index (κ3) is 9.18. The third-order valence-corrected chi connectivity index (χ3v) is 10.7. The van der Waals surface area contributed by atoms with Crippen molar-refractivity contribution >= 4 is 33.6 Å². The average Bonchev–Trinajstić information content (AvgIpc) is 3.82. The monoisotopic (exact) mass is 694 g/mol. The number of hydrogen-bond acceptors (Lipinski definition) is 4. The van der Waals surface area contributed by atoms with E-state index in [0.29, 0.717) is 0 Å². The van der Waals surface area contributed by atoms with Gasteiger partial charge in [0.25, 0.3) is 11.8 Å². The molecule has 8 rings (SSSR count). The van der Waals surface area contributed by atoms with Crippen molar-refractivity contribution in [1.82, 2.24) is 30.4 Å². The molecule has 0 saturated carbocycles. The zero-order valence-corrected chi connectivity index (χ0v) is 29.9. The Morgan fingerprint density at radius 2 is 0.885 bits per heavy atom. The Morgan fingerprint density at radius 3 is 1.29 bits per heavy atom. The van der Waals surface area contributed by atoms with Crippen molar-refractivity contribution in [3.05, 3.63) is 144 Å². The lowest BCUT2D eigenvalue weighted by Crippen LogP contribution is -2.45. The molecule has 0 bridgehead atoms. The van der Waals surface area contributed by atoms with Crippen LogP contribution in [0.1, 0.15) is 57.5 Å². The van der Waals surface area contributed by atoms with Gasteiger partial charge in [-0.3, -0.25) is 9.59 Å². The Balaban J connectivity index is 0.000000162.